The van der Waals surface area contributed by atoms with Crippen LogP contribution in [0.2, 0.25) is 0 Å². The SMILES string of the molecule is CCSCCOc1c(C)cc(C#N)cc1C. The van der Waals surface area contributed by atoms with E-state index in [2.05, 4.69) is 13.0 Å². The highest BCUT2D eigenvalue weighted by molar-refractivity contribution is 7.99. The molecule has 1 aromatic carbocycles. The lowest BCUT2D eigenvalue weighted by Crippen LogP contribution is -2.03. The Morgan fingerprint density at radius 2 is 1.94 bits per heavy atom. The maximum Gasteiger partial charge on any atom is 0.125 e. The highest BCUT2D eigenvalue weighted by atomic mass is 32.2. The van der Waals surface area contributed by atoms with Crippen molar-refractivity contribution < 1.29 is 4.74 Å². The van der Waals surface area contributed by atoms with Crippen LogP contribution in [-0.2, 0) is 0 Å². The van der Waals surface area contributed by atoms with Crippen molar-refractivity contribution in [3.63, 3.8) is 0 Å². The Bertz CT molecular complexity index is 372. The van der Waals surface area contributed by atoms with Crippen LogP contribution in [0, 0.1) is 25.2 Å². The van der Waals surface area contributed by atoms with Crippen LogP contribution in [0.15, 0.2) is 12.1 Å². The van der Waals surface area contributed by atoms with E-state index in [0.717, 1.165) is 35.0 Å². The maximum absolute atomic E-state index is 8.83. The molecular formula is C13H17NOS. The van der Waals surface area contributed by atoms with E-state index in [1.54, 1.807) is 0 Å². The minimum absolute atomic E-state index is 0.699. The summed E-state index contributed by atoms with van der Waals surface area (Å²) in [6.07, 6.45) is 0. The second-order valence-electron chi connectivity index (χ2n) is 3.60. The first kappa shape index (κ1) is 12.9. The van der Waals surface area contributed by atoms with Crippen molar-refractivity contribution in [3.05, 3.63) is 28.8 Å². The monoisotopic (exact) mass is 235 g/mol. The molecular weight excluding hydrogens is 218 g/mol. The fourth-order valence-corrected chi connectivity index (χ4v) is 2.08. The van der Waals surface area contributed by atoms with Gasteiger partial charge in [0.1, 0.15) is 5.75 Å². The van der Waals surface area contributed by atoms with Gasteiger partial charge in [0, 0.05) is 5.75 Å². The molecule has 86 valence electrons. The Balaban J connectivity index is 2.70. The first-order valence-corrected chi connectivity index (χ1v) is 6.56. The van der Waals surface area contributed by atoms with Gasteiger partial charge in [-0.15, -0.1) is 0 Å². The molecule has 0 heterocycles. The maximum atomic E-state index is 8.83. The predicted octanol–water partition coefficient (Wildman–Crippen LogP) is 3.31. The van der Waals surface area contributed by atoms with Gasteiger partial charge in [-0.3, -0.25) is 0 Å². The van der Waals surface area contributed by atoms with Gasteiger partial charge in [-0.1, -0.05) is 6.92 Å². The molecule has 0 aliphatic rings. The minimum atomic E-state index is 0.699. The van der Waals surface area contributed by atoms with Crippen molar-refractivity contribution in [1.82, 2.24) is 0 Å². The average Bonchev–Trinajstić information content (AvgIpc) is 2.26. The van der Waals surface area contributed by atoms with Crippen LogP contribution in [0.4, 0.5) is 0 Å². The van der Waals surface area contributed by atoms with Crippen molar-refractivity contribution in [3.8, 4) is 11.8 Å². The molecule has 2 nitrogen and oxygen atoms in total. The zero-order chi connectivity index (χ0) is 12.0. The van der Waals surface area contributed by atoms with Gasteiger partial charge in [0.05, 0.1) is 18.2 Å². The van der Waals surface area contributed by atoms with E-state index in [0.29, 0.717) is 5.56 Å². The Hall–Kier alpha value is -1.14. The third-order valence-electron chi connectivity index (χ3n) is 2.27. The largest absolute Gasteiger partial charge is 0.492 e. The van der Waals surface area contributed by atoms with E-state index in [9.17, 15) is 0 Å². The van der Waals surface area contributed by atoms with Crippen molar-refractivity contribution >= 4 is 11.8 Å². The molecule has 1 rings (SSSR count). The molecule has 0 saturated carbocycles. The average molecular weight is 235 g/mol. The van der Waals surface area contributed by atoms with Crippen LogP contribution < -0.4 is 4.74 Å². The lowest BCUT2D eigenvalue weighted by Gasteiger charge is -2.12. The summed E-state index contributed by atoms with van der Waals surface area (Å²) >= 11 is 1.87. The quantitative estimate of drug-likeness (QED) is 0.734. The number of nitrogens with zero attached hydrogens (tertiary/aromatic N) is 1. The lowest BCUT2D eigenvalue weighted by atomic mass is 10.1. The summed E-state index contributed by atoms with van der Waals surface area (Å²) in [6.45, 7) is 6.83. The van der Waals surface area contributed by atoms with Crippen LogP contribution in [0.5, 0.6) is 5.75 Å². The van der Waals surface area contributed by atoms with Crippen molar-refractivity contribution in [2.45, 2.75) is 20.8 Å². The van der Waals surface area contributed by atoms with E-state index in [1.165, 1.54) is 0 Å². The summed E-state index contributed by atoms with van der Waals surface area (Å²) < 4.78 is 5.74. The van der Waals surface area contributed by atoms with Crippen LogP contribution in [0.25, 0.3) is 0 Å². The molecule has 0 unspecified atom stereocenters. The third-order valence-corrected chi connectivity index (χ3v) is 3.13. The van der Waals surface area contributed by atoms with Gasteiger partial charge in [-0.2, -0.15) is 17.0 Å². The second kappa shape index (κ2) is 6.44. The molecule has 0 bridgehead atoms. The number of hydrogen-bond acceptors (Lipinski definition) is 3. The van der Waals surface area contributed by atoms with Gasteiger partial charge in [-0.05, 0) is 42.9 Å². The van der Waals surface area contributed by atoms with Gasteiger partial charge in [0.15, 0.2) is 0 Å². The normalized spacial score (nSPS) is 9.88. The zero-order valence-electron chi connectivity index (χ0n) is 10.0. The molecule has 0 N–H and O–H groups in total. The molecule has 1 aromatic rings. The molecule has 0 atom stereocenters. The summed E-state index contributed by atoms with van der Waals surface area (Å²) in [5.41, 5.74) is 2.78. The highest BCUT2D eigenvalue weighted by Crippen LogP contribution is 2.24. The van der Waals surface area contributed by atoms with Crippen LogP contribution in [0.1, 0.15) is 23.6 Å². The number of aryl methyl sites for hydroxylation is 2. The Morgan fingerprint density at radius 1 is 1.31 bits per heavy atom. The zero-order valence-corrected chi connectivity index (χ0v) is 10.9. The smallest absolute Gasteiger partial charge is 0.125 e. The van der Waals surface area contributed by atoms with E-state index in [1.807, 2.05) is 37.7 Å². The molecule has 3 heteroatoms. The Labute approximate surface area is 102 Å². The van der Waals surface area contributed by atoms with Gasteiger partial charge in [-0.25, -0.2) is 0 Å². The van der Waals surface area contributed by atoms with Gasteiger partial charge >= 0.3 is 0 Å². The van der Waals surface area contributed by atoms with E-state index in [-0.39, 0.29) is 0 Å². The number of benzene rings is 1. The van der Waals surface area contributed by atoms with Crippen LogP contribution >= 0.6 is 11.8 Å². The standard InChI is InChI=1S/C13H17NOS/c1-4-16-6-5-15-13-10(2)7-12(9-14)8-11(13)3/h7-8H,4-6H2,1-3H3. The minimum Gasteiger partial charge on any atom is -0.492 e. The molecule has 0 radical (unpaired) electrons. The van der Waals surface area contributed by atoms with Gasteiger partial charge in [0.25, 0.3) is 0 Å². The first-order valence-electron chi connectivity index (χ1n) is 5.41. The fraction of sp³-hybridized carbons (Fsp3) is 0.462. The van der Waals surface area contributed by atoms with Gasteiger partial charge < -0.3 is 4.74 Å². The Kier molecular flexibility index (Phi) is 5.21. The summed E-state index contributed by atoms with van der Waals surface area (Å²) in [7, 11) is 0. The molecule has 0 saturated heterocycles. The molecule has 0 aromatic heterocycles. The van der Waals surface area contributed by atoms with Crippen molar-refractivity contribution in [2.24, 2.45) is 0 Å². The van der Waals surface area contributed by atoms with Crippen LogP contribution in [-0.4, -0.2) is 18.1 Å². The van der Waals surface area contributed by atoms with E-state index >= 15 is 0 Å². The number of ether oxygens (including phenoxy) is 1. The molecule has 0 aliphatic carbocycles. The number of thioether (sulfide) groups is 1. The molecule has 0 amide bonds. The van der Waals surface area contributed by atoms with Crippen LogP contribution in [0.3, 0.4) is 0 Å². The van der Waals surface area contributed by atoms with Gasteiger partial charge in [0.2, 0.25) is 0 Å². The summed E-state index contributed by atoms with van der Waals surface area (Å²) in [5, 5.41) is 8.83. The summed E-state index contributed by atoms with van der Waals surface area (Å²) in [5.74, 6) is 3.06. The van der Waals surface area contributed by atoms with Crippen molar-refractivity contribution in [1.29, 1.82) is 5.26 Å². The highest BCUT2D eigenvalue weighted by Gasteiger charge is 2.05. The topological polar surface area (TPSA) is 33.0 Å². The third kappa shape index (κ3) is 3.46. The molecule has 0 spiro atoms. The molecule has 16 heavy (non-hydrogen) atoms. The fourth-order valence-electron chi connectivity index (χ4n) is 1.59. The Morgan fingerprint density at radius 3 is 2.44 bits per heavy atom. The first-order chi connectivity index (χ1) is 7.69. The number of nitriles is 1. The lowest BCUT2D eigenvalue weighted by molar-refractivity contribution is 0.339. The number of hydrogen-bond donors (Lipinski definition) is 0. The summed E-state index contributed by atoms with van der Waals surface area (Å²) in [6, 6.07) is 5.89. The second-order valence-corrected chi connectivity index (χ2v) is 4.99. The number of rotatable bonds is 5. The molecule has 0 aliphatic heterocycles. The predicted molar refractivity (Wildman–Crippen MR) is 69.1 cm³/mol. The molecule has 0 fully saturated rings. The van der Waals surface area contributed by atoms with E-state index < -0.39 is 0 Å². The summed E-state index contributed by atoms with van der Waals surface area (Å²) in [4.78, 5) is 0. The van der Waals surface area contributed by atoms with E-state index in [4.69, 9.17) is 10.00 Å². The van der Waals surface area contributed by atoms with Crippen molar-refractivity contribution in [2.75, 3.05) is 18.1 Å².